The fourth-order valence-corrected chi connectivity index (χ4v) is 2.63. The van der Waals surface area contributed by atoms with Crippen LogP contribution in [-0.2, 0) is 4.79 Å². The Morgan fingerprint density at radius 3 is 2.40 bits per heavy atom. The Morgan fingerprint density at radius 1 is 1.40 bits per heavy atom. The zero-order valence-corrected chi connectivity index (χ0v) is 11.0. The molecule has 1 heteroatoms. The molecule has 0 radical (unpaired) electrons. The zero-order chi connectivity index (χ0) is 11.6. The Balaban J connectivity index is 2.56. The summed E-state index contributed by atoms with van der Waals surface area (Å²) in [5.41, 5.74) is 0.364. The molecule has 88 valence electrons. The van der Waals surface area contributed by atoms with Gasteiger partial charge in [-0.15, -0.1) is 0 Å². The molecule has 1 aliphatic carbocycles. The molecule has 15 heavy (non-hydrogen) atoms. The molecule has 0 heterocycles. The minimum Gasteiger partial charge on any atom is -0.299 e. The highest BCUT2D eigenvalue weighted by atomic mass is 16.1. The van der Waals surface area contributed by atoms with Crippen LogP contribution in [0.5, 0.6) is 0 Å². The van der Waals surface area contributed by atoms with Crippen LogP contribution in [-0.4, -0.2) is 5.78 Å². The molecular formula is C14H26O. The van der Waals surface area contributed by atoms with Crippen LogP contribution in [0.1, 0.15) is 60.3 Å². The largest absolute Gasteiger partial charge is 0.299 e. The van der Waals surface area contributed by atoms with Gasteiger partial charge in [-0.3, -0.25) is 4.79 Å². The standard InChI is InChI=1S/C14H26O/c1-6-10(2)13(15)9-12-8-7-11(3)14(12,4)5/h10-12H,6-9H2,1-5H3/t10?,11?,12-/m1/s1. The van der Waals surface area contributed by atoms with Crippen molar-refractivity contribution in [2.75, 3.05) is 0 Å². The highest BCUT2D eigenvalue weighted by molar-refractivity contribution is 5.80. The fourth-order valence-electron chi connectivity index (χ4n) is 2.63. The molecule has 0 bridgehead atoms. The lowest BCUT2D eigenvalue weighted by molar-refractivity contribution is -0.124. The van der Waals surface area contributed by atoms with Gasteiger partial charge >= 0.3 is 0 Å². The van der Waals surface area contributed by atoms with Gasteiger partial charge in [0.1, 0.15) is 5.78 Å². The topological polar surface area (TPSA) is 17.1 Å². The van der Waals surface area contributed by atoms with E-state index in [2.05, 4.69) is 34.6 Å². The zero-order valence-electron chi connectivity index (χ0n) is 11.0. The monoisotopic (exact) mass is 210 g/mol. The summed E-state index contributed by atoms with van der Waals surface area (Å²) in [4.78, 5) is 11.9. The first-order valence-corrected chi connectivity index (χ1v) is 6.42. The minimum absolute atomic E-state index is 0.261. The summed E-state index contributed by atoms with van der Waals surface area (Å²) in [6, 6.07) is 0. The van der Waals surface area contributed by atoms with Crippen LogP contribution in [0.2, 0.25) is 0 Å². The number of carbonyl (C=O) groups excluding carboxylic acids is 1. The molecule has 1 saturated carbocycles. The van der Waals surface area contributed by atoms with Gasteiger partial charge < -0.3 is 0 Å². The average molecular weight is 210 g/mol. The van der Waals surface area contributed by atoms with Gasteiger partial charge in [-0.2, -0.15) is 0 Å². The summed E-state index contributed by atoms with van der Waals surface area (Å²) in [7, 11) is 0. The molecule has 0 aliphatic heterocycles. The van der Waals surface area contributed by atoms with Gasteiger partial charge in [-0.25, -0.2) is 0 Å². The number of hydrogen-bond acceptors (Lipinski definition) is 1. The first-order chi connectivity index (χ1) is 6.89. The summed E-state index contributed by atoms with van der Waals surface area (Å²) in [5, 5.41) is 0. The van der Waals surface area contributed by atoms with Gasteiger partial charge in [0.25, 0.3) is 0 Å². The van der Waals surface area contributed by atoms with Crippen molar-refractivity contribution in [3.05, 3.63) is 0 Å². The second-order valence-corrected chi connectivity index (χ2v) is 5.98. The van der Waals surface area contributed by atoms with E-state index in [0.717, 1.165) is 18.8 Å². The Kier molecular flexibility index (Phi) is 3.97. The molecular weight excluding hydrogens is 184 g/mol. The van der Waals surface area contributed by atoms with E-state index in [0.29, 0.717) is 17.1 Å². The van der Waals surface area contributed by atoms with Crippen molar-refractivity contribution in [2.24, 2.45) is 23.2 Å². The SMILES string of the molecule is CCC(C)C(=O)C[C@H]1CCC(C)C1(C)C. The van der Waals surface area contributed by atoms with Crippen molar-refractivity contribution >= 4 is 5.78 Å². The van der Waals surface area contributed by atoms with Crippen LogP contribution >= 0.6 is 0 Å². The summed E-state index contributed by atoms with van der Waals surface area (Å²) < 4.78 is 0. The van der Waals surface area contributed by atoms with E-state index in [1.54, 1.807) is 0 Å². The van der Waals surface area contributed by atoms with Crippen molar-refractivity contribution in [1.29, 1.82) is 0 Å². The quantitative estimate of drug-likeness (QED) is 0.683. The number of ketones is 1. The molecule has 0 aromatic rings. The van der Waals surface area contributed by atoms with E-state index in [9.17, 15) is 4.79 Å². The third-order valence-electron chi connectivity index (χ3n) is 4.88. The maximum Gasteiger partial charge on any atom is 0.135 e. The second-order valence-electron chi connectivity index (χ2n) is 5.98. The number of rotatable bonds is 4. The third kappa shape index (κ3) is 2.62. The smallest absolute Gasteiger partial charge is 0.135 e. The maximum atomic E-state index is 11.9. The Bertz CT molecular complexity index is 229. The van der Waals surface area contributed by atoms with E-state index >= 15 is 0 Å². The van der Waals surface area contributed by atoms with Crippen molar-refractivity contribution in [2.45, 2.75) is 60.3 Å². The van der Waals surface area contributed by atoms with Crippen molar-refractivity contribution < 1.29 is 4.79 Å². The predicted octanol–water partition coefficient (Wildman–Crippen LogP) is 4.06. The highest BCUT2D eigenvalue weighted by Crippen LogP contribution is 2.48. The molecule has 1 fully saturated rings. The Morgan fingerprint density at radius 2 is 2.00 bits per heavy atom. The molecule has 0 aromatic heterocycles. The van der Waals surface area contributed by atoms with Crippen molar-refractivity contribution in [3.63, 3.8) is 0 Å². The van der Waals surface area contributed by atoms with Crippen LogP contribution in [0.15, 0.2) is 0 Å². The van der Waals surface area contributed by atoms with Crippen LogP contribution in [0.3, 0.4) is 0 Å². The lowest BCUT2D eigenvalue weighted by Crippen LogP contribution is -2.26. The second kappa shape index (κ2) is 4.67. The molecule has 3 atom stereocenters. The molecule has 0 amide bonds. The summed E-state index contributed by atoms with van der Waals surface area (Å²) in [5.74, 6) is 2.13. The molecule has 1 nitrogen and oxygen atoms in total. The van der Waals surface area contributed by atoms with Gasteiger partial charge in [-0.05, 0) is 36.5 Å². The van der Waals surface area contributed by atoms with Crippen LogP contribution in [0.25, 0.3) is 0 Å². The number of hydrogen-bond donors (Lipinski definition) is 0. The predicted molar refractivity (Wildman–Crippen MR) is 64.7 cm³/mol. The normalized spacial score (nSPS) is 31.5. The van der Waals surface area contributed by atoms with E-state index in [1.165, 1.54) is 12.8 Å². The summed E-state index contributed by atoms with van der Waals surface area (Å²) in [6.45, 7) is 11.2. The molecule has 0 aromatic carbocycles. The average Bonchev–Trinajstić information content (AvgIpc) is 2.43. The Hall–Kier alpha value is -0.330. The van der Waals surface area contributed by atoms with Crippen molar-refractivity contribution in [1.82, 2.24) is 0 Å². The lowest BCUT2D eigenvalue weighted by Gasteiger charge is -2.31. The molecule has 0 spiro atoms. The molecule has 1 rings (SSSR count). The van der Waals surface area contributed by atoms with Gasteiger partial charge in [0.05, 0.1) is 0 Å². The van der Waals surface area contributed by atoms with Crippen molar-refractivity contribution in [3.8, 4) is 0 Å². The van der Waals surface area contributed by atoms with E-state index in [-0.39, 0.29) is 5.92 Å². The Labute approximate surface area is 94.6 Å². The van der Waals surface area contributed by atoms with Gasteiger partial charge in [-0.1, -0.05) is 34.6 Å². The molecule has 0 N–H and O–H groups in total. The lowest BCUT2D eigenvalue weighted by atomic mass is 9.73. The third-order valence-corrected chi connectivity index (χ3v) is 4.88. The fraction of sp³-hybridized carbons (Fsp3) is 0.929. The number of Topliss-reactive ketones (excluding diaryl/α,β-unsaturated/α-hetero) is 1. The van der Waals surface area contributed by atoms with Crippen LogP contribution < -0.4 is 0 Å². The first-order valence-electron chi connectivity index (χ1n) is 6.42. The van der Waals surface area contributed by atoms with E-state index in [1.807, 2.05) is 0 Å². The molecule has 2 unspecified atom stereocenters. The van der Waals surface area contributed by atoms with E-state index < -0.39 is 0 Å². The van der Waals surface area contributed by atoms with Gasteiger partial charge in [0.15, 0.2) is 0 Å². The highest BCUT2D eigenvalue weighted by Gasteiger charge is 2.41. The molecule has 0 saturated heterocycles. The summed E-state index contributed by atoms with van der Waals surface area (Å²) in [6.07, 6.45) is 4.34. The first kappa shape index (κ1) is 12.7. The van der Waals surface area contributed by atoms with Gasteiger partial charge in [0, 0.05) is 12.3 Å². The minimum atomic E-state index is 0.261. The molecule has 1 aliphatic rings. The maximum absolute atomic E-state index is 11.9. The van der Waals surface area contributed by atoms with Gasteiger partial charge in [0.2, 0.25) is 0 Å². The van der Waals surface area contributed by atoms with Crippen LogP contribution in [0, 0.1) is 23.2 Å². The summed E-state index contributed by atoms with van der Waals surface area (Å²) >= 11 is 0. The number of carbonyl (C=O) groups is 1. The van der Waals surface area contributed by atoms with Crippen LogP contribution in [0.4, 0.5) is 0 Å². The van der Waals surface area contributed by atoms with E-state index in [4.69, 9.17) is 0 Å².